The van der Waals surface area contributed by atoms with Gasteiger partial charge >= 0.3 is 0 Å². The van der Waals surface area contributed by atoms with Crippen molar-refractivity contribution in [2.75, 3.05) is 33.1 Å². The number of aryl methyl sites for hydroxylation is 1. The molecular formula is C20H22ClN5O3S. The van der Waals surface area contributed by atoms with Gasteiger partial charge in [0.15, 0.2) is 0 Å². The number of ether oxygens (including phenoxy) is 2. The zero-order chi connectivity index (χ0) is 21.5. The van der Waals surface area contributed by atoms with E-state index in [0.717, 1.165) is 11.3 Å². The Morgan fingerprint density at radius 1 is 1.23 bits per heavy atom. The van der Waals surface area contributed by atoms with Crippen molar-refractivity contribution in [2.45, 2.75) is 12.1 Å². The number of benzene rings is 2. The molecule has 0 aliphatic heterocycles. The smallest absolute Gasteiger partial charge is 0.232 e. The molecule has 0 aliphatic carbocycles. The summed E-state index contributed by atoms with van der Waals surface area (Å²) in [7, 11) is 3.33. The van der Waals surface area contributed by atoms with E-state index in [1.54, 1.807) is 48.0 Å². The van der Waals surface area contributed by atoms with E-state index in [1.807, 2.05) is 25.1 Å². The Morgan fingerprint density at radius 3 is 2.73 bits per heavy atom. The summed E-state index contributed by atoms with van der Waals surface area (Å²) in [5, 5.41) is 13.0. The third-order valence-electron chi connectivity index (χ3n) is 4.26. The van der Waals surface area contributed by atoms with Crippen LogP contribution in [0, 0.1) is 6.92 Å². The van der Waals surface area contributed by atoms with Crippen molar-refractivity contribution in [2.24, 2.45) is 0 Å². The van der Waals surface area contributed by atoms with Crippen molar-refractivity contribution in [3.8, 4) is 17.2 Å². The number of nitrogens with zero attached hydrogens (tertiary/aromatic N) is 5. The van der Waals surface area contributed by atoms with Crippen LogP contribution in [-0.4, -0.2) is 64.1 Å². The van der Waals surface area contributed by atoms with Crippen LogP contribution in [0.15, 0.2) is 47.6 Å². The second-order valence-corrected chi connectivity index (χ2v) is 7.83. The van der Waals surface area contributed by atoms with Gasteiger partial charge < -0.3 is 14.4 Å². The number of likely N-dealkylation sites (N-methyl/N-ethyl adjacent to an activating group) is 1. The van der Waals surface area contributed by atoms with Crippen molar-refractivity contribution in [3.05, 3.63) is 53.1 Å². The Bertz CT molecular complexity index is 996. The molecule has 1 heterocycles. The van der Waals surface area contributed by atoms with Crippen molar-refractivity contribution in [1.82, 2.24) is 25.1 Å². The van der Waals surface area contributed by atoms with E-state index in [2.05, 4.69) is 15.5 Å². The summed E-state index contributed by atoms with van der Waals surface area (Å²) in [6.45, 7) is 2.82. The molecule has 0 atom stereocenters. The Hall–Kier alpha value is -2.78. The first-order valence-corrected chi connectivity index (χ1v) is 10.5. The molecule has 0 N–H and O–H groups in total. The number of thioether (sulfide) groups is 1. The quantitative estimate of drug-likeness (QED) is 0.465. The molecule has 8 nitrogen and oxygen atoms in total. The number of aromatic nitrogens is 4. The molecule has 0 unspecified atom stereocenters. The lowest BCUT2D eigenvalue weighted by Gasteiger charge is -2.17. The summed E-state index contributed by atoms with van der Waals surface area (Å²) in [4.78, 5) is 14.1. The molecule has 0 fully saturated rings. The molecule has 0 spiro atoms. The first-order chi connectivity index (χ1) is 14.5. The number of methoxy groups -OCH3 is 1. The summed E-state index contributed by atoms with van der Waals surface area (Å²) in [5.74, 6) is 1.51. The average Bonchev–Trinajstić information content (AvgIpc) is 3.21. The summed E-state index contributed by atoms with van der Waals surface area (Å²) in [6, 6.07) is 12.8. The van der Waals surface area contributed by atoms with Crippen LogP contribution in [0.1, 0.15) is 5.56 Å². The maximum atomic E-state index is 12.5. The van der Waals surface area contributed by atoms with Crippen molar-refractivity contribution in [3.63, 3.8) is 0 Å². The zero-order valence-corrected chi connectivity index (χ0v) is 18.5. The normalized spacial score (nSPS) is 10.7. The van der Waals surface area contributed by atoms with Gasteiger partial charge in [-0.05, 0) is 59.3 Å². The van der Waals surface area contributed by atoms with Gasteiger partial charge in [-0.1, -0.05) is 29.4 Å². The Balaban J connectivity index is 1.54. The van der Waals surface area contributed by atoms with Crippen LogP contribution in [0.4, 0.5) is 0 Å². The monoisotopic (exact) mass is 447 g/mol. The molecule has 30 heavy (non-hydrogen) atoms. The molecule has 0 saturated carbocycles. The maximum absolute atomic E-state index is 12.5. The third-order valence-corrected chi connectivity index (χ3v) is 5.42. The van der Waals surface area contributed by atoms with E-state index in [4.69, 9.17) is 21.1 Å². The Morgan fingerprint density at radius 2 is 2.00 bits per heavy atom. The number of carbonyl (C=O) groups is 1. The highest BCUT2D eigenvalue weighted by atomic mass is 35.5. The summed E-state index contributed by atoms with van der Waals surface area (Å²) in [6.07, 6.45) is 0. The fraction of sp³-hybridized carbons (Fsp3) is 0.300. The predicted molar refractivity (Wildman–Crippen MR) is 116 cm³/mol. The van der Waals surface area contributed by atoms with Crippen LogP contribution in [0.2, 0.25) is 5.02 Å². The van der Waals surface area contributed by atoms with Gasteiger partial charge in [-0.25, -0.2) is 0 Å². The molecule has 1 aromatic heterocycles. The molecular weight excluding hydrogens is 426 g/mol. The zero-order valence-electron chi connectivity index (χ0n) is 16.9. The summed E-state index contributed by atoms with van der Waals surface area (Å²) >= 11 is 7.12. The van der Waals surface area contributed by atoms with Gasteiger partial charge in [0.1, 0.15) is 23.8 Å². The van der Waals surface area contributed by atoms with Crippen LogP contribution in [0.3, 0.4) is 0 Å². The molecule has 0 radical (unpaired) electrons. The van der Waals surface area contributed by atoms with Crippen LogP contribution in [0.25, 0.3) is 5.69 Å². The maximum Gasteiger partial charge on any atom is 0.232 e. The van der Waals surface area contributed by atoms with E-state index < -0.39 is 0 Å². The number of rotatable bonds is 9. The van der Waals surface area contributed by atoms with E-state index >= 15 is 0 Å². The van der Waals surface area contributed by atoms with Gasteiger partial charge in [-0.2, -0.15) is 4.68 Å². The number of carbonyl (C=O) groups excluding carboxylic acids is 1. The van der Waals surface area contributed by atoms with E-state index in [1.165, 1.54) is 11.8 Å². The molecule has 3 rings (SSSR count). The second-order valence-electron chi connectivity index (χ2n) is 6.45. The number of halogens is 1. The minimum absolute atomic E-state index is 0.0505. The fourth-order valence-electron chi connectivity index (χ4n) is 2.58. The lowest BCUT2D eigenvalue weighted by molar-refractivity contribution is -0.127. The number of hydrogen-bond donors (Lipinski definition) is 0. The largest absolute Gasteiger partial charge is 0.494 e. The predicted octanol–water partition coefficient (Wildman–Crippen LogP) is 3.26. The molecule has 10 heteroatoms. The Kier molecular flexibility index (Phi) is 7.53. The van der Waals surface area contributed by atoms with Crippen LogP contribution in [-0.2, 0) is 4.79 Å². The molecule has 0 saturated heterocycles. The molecule has 0 aliphatic rings. The van der Waals surface area contributed by atoms with Crippen LogP contribution >= 0.6 is 23.4 Å². The lowest BCUT2D eigenvalue weighted by atomic mass is 10.2. The van der Waals surface area contributed by atoms with Crippen molar-refractivity contribution < 1.29 is 14.3 Å². The standard InChI is InChI=1S/C20H22ClN5O3S/c1-14-4-9-18(28-3)17(12-14)26-20(22-23-24-26)30-13-19(27)25(2)10-11-29-16-7-5-15(21)6-8-16/h4-9,12H,10-11,13H2,1-3H3. The third kappa shape index (κ3) is 5.64. The number of amides is 1. The van der Waals surface area contributed by atoms with Crippen LogP contribution < -0.4 is 9.47 Å². The van der Waals surface area contributed by atoms with Crippen LogP contribution in [0.5, 0.6) is 11.5 Å². The SMILES string of the molecule is COc1ccc(C)cc1-n1nnnc1SCC(=O)N(C)CCOc1ccc(Cl)cc1. The number of tetrazole rings is 1. The Labute approximate surface area is 184 Å². The lowest BCUT2D eigenvalue weighted by Crippen LogP contribution is -2.32. The highest BCUT2D eigenvalue weighted by molar-refractivity contribution is 7.99. The molecule has 1 amide bonds. The topological polar surface area (TPSA) is 82.4 Å². The summed E-state index contributed by atoms with van der Waals surface area (Å²) in [5.41, 5.74) is 1.77. The molecule has 3 aromatic rings. The number of hydrogen-bond acceptors (Lipinski definition) is 7. The van der Waals surface area contributed by atoms with Gasteiger partial charge in [0, 0.05) is 12.1 Å². The van der Waals surface area contributed by atoms with E-state index in [0.29, 0.717) is 34.8 Å². The minimum atomic E-state index is -0.0505. The van der Waals surface area contributed by atoms with Crippen molar-refractivity contribution >= 4 is 29.3 Å². The van der Waals surface area contributed by atoms with Gasteiger partial charge in [0.2, 0.25) is 11.1 Å². The fourth-order valence-corrected chi connectivity index (χ4v) is 3.53. The highest BCUT2D eigenvalue weighted by Gasteiger charge is 2.16. The van der Waals surface area contributed by atoms with E-state index in [-0.39, 0.29) is 11.7 Å². The minimum Gasteiger partial charge on any atom is -0.494 e. The average molecular weight is 448 g/mol. The molecule has 2 aromatic carbocycles. The second kappa shape index (κ2) is 10.3. The highest BCUT2D eigenvalue weighted by Crippen LogP contribution is 2.27. The van der Waals surface area contributed by atoms with Crippen molar-refractivity contribution in [1.29, 1.82) is 0 Å². The van der Waals surface area contributed by atoms with Gasteiger partial charge in [0.05, 0.1) is 19.4 Å². The molecule has 158 valence electrons. The summed E-state index contributed by atoms with van der Waals surface area (Å²) < 4.78 is 12.6. The molecule has 0 bridgehead atoms. The van der Waals surface area contributed by atoms with Gasteiger partial charge in [-0.3, -0.25) is 4.79 Å². The first kappa shape index (κ1) is 21.9. The first-order valence-electron chi connectivity index (χ1n) is 9.16. The van der Waals surface area contributed by atoms with Gasteiger partial charge in [-0.15, -0.1) is 5.10 Å². The van der Waals surface area contributed by atoms with Gasteiger partial charge in [0.25, 0.3) is 0 Å². The van der Waals surface area contributed by atoms with E-state index in [9.17, 15) is 4.79 Å².